The van der Waals surface area contributed by atoms with E-state index < -0.39 is 5.50 Å². The third-order valence-corrected chi connectivity index (χ3v) is 5.17. The Morgan fingerprint density at radius 3 is 2.35 bits per heavy atom. The molecule has 1 heterocycles. The van der Waals surface area contributed by atoms with Gasteiger partial charge in [-0.3, -0.25) is 4.79 Å². The molecule has 126 valence electrons. The molecule has 2 atom stereocenters. The van der Waals surface area contributed by atoms with Gasteiger partial charge >= 0.3 is 0 Å². The lowest BCUT2D eigenvalue weighted by atomic mass is 10.0. The van der Waals surface area contributed by atoms with Crippen molar-refractivity contribution in [3.8, 4) is 0 Å². The summed E-state index contributed by atoms with van der Waals surface area (Å²) in [5.74, 6) is -0.391. The van der Waals surface area contributed by atoms with E-state index in [0.717, 1.165) is 12.0 Å². The van der Waals surface area contributed by atoms with Gasteiger partial charge in [-0.05, 0) is 17.5 Å². The molecule has 6 heteroatoms. The van der Waals surface area contributed by atoms with Gasteiger partial charge in [0.05, 0.1) is 10.8 Å². The van der Waals surface area contributed by atoms with Crippen LogP contribution in [0.1, 0.15) is 44.1 Å². The van der Waals surface area contributed by atoms with Gasteiger partial charge < -0.3 is 15.7 Å². The lowest BCUT2D eigenvalue weighted by Gasteiger charge is -2.31. The SMILES string of the molecule is CCc1ccc([C@H](SC(C)(C)C)C2=C(O)N[C@H](S)NC2=O)cc1. The Balaban J connectivity index is 2.45. The number of hydrogen-bond donors (Lipinski definition) is 4. The minimum atomic E-state index is -0.575. The van der Waals surface area contributed by atoms with Crippen molar-refractivity contribution >= 4 is 30.3 Å². The van der Waals surface area contributed by atoms with Gasteiger partial charge in [-0.2, -0.15) is 0 Å². The van der Waals surface area contributed by atoms with Crippen LogP contribution in [-0.4, -0.2) is 21.3 Å². The van der Waals surface area contributed by atoms with E-state index in [9.17, 15) is 9.90 Å². The molecule has 23 heavy (non-hydrogen) atoms. The van der Waals surface area contributed by atoms with E-state index in [0.29, 0.717) is 5.57 Å². The van der Waals surface area contributed by atoms with E-state index in [2.05, 4.69) is 63.1 Å². The van der Waals surface area contributed by atoms with Gasteiger partial charge in [-0.1, -0.05) is 52.0 Å². The van der Waals surface area contributed by atoms with Crippen molar-refractivity contribution in [2.75, 3.05) is 0 Å². The molecule has 1 amide bonds. The largest absolute Gasteiger partial charge is 0.494 e. The van der Waals surface area contributed by atoms with Crippen molar-refractivity contribution in [1.29, 1.82) is 0 Å². The molecule has 0 unspecified atom stereocenters. The molecule has 2 rings (SSSR count). The van der Waals surface area contributed by atoms with Crippen LogP contribution in [0, 0.1) is 0 Å². The van der Waals surface area contributed by atoms with Crippen LogP contribution < -0.4 is 10.6 Å². The fourth-order valence-corrected chi connectivity index (χ4v) is 3.95. The molecule has 0 radical (unpaired) electrons. The summed E-state index contributed by atoms with van der Waals surface area (Å²) in [6, 6.07) is 8.20. The van der Waals surface area contributed by atoms with Crippen molar-refractivity contribution in [3.05, 3.63) is 46.8 Å². The molecule has 0 bridgehead atoms. The first-order valence-electron chi connectivity index (χ1n) is 7.66. The quantitative estimate of drug-likeness (QED) is 0.626. The number of carbonyl (C=O) groups is 1. The minimum absolute atomic E-state index is 0.0700. The number of aryl methyl sites for hydroxylation is 1. The smallest absolute Gasteiger partial charge is 0.256 e. The Morgan fingerprint density at radius 2 is 1.87 bits per heavy atom. The topological polar surface area (TPSA) is 61.4 Å². The van der Waals surface area contributed by atoms with Crippen LogP contribution >= 0.6 is 24.4 Å². The van der Waals surface area contributed by atoms with Gasteiger partial charge in [0.15, 0.2) is 5.88 Å². The molecule has 4 nitrogen and oxygen atoms in total. The highest BCUT2D eigenvalue weighted by molar-refractivity contribution is 8.01. The molecule has 0 saturated heterocycles. The lowest BCUT2D eigenvalue weighted by Crippen LogP contribution is -2.48. The summed E-state index contributed by atoms with van der Waals surface area (Å²) in [4.78, 5) is 12.4. The van der Waals surface area contributed by atoms with Crippen molar-refractivity contribution in [2.45, 2.75) is 49.6 Å². The second-order valence-electron chi connectivity index (χ2n) is 6.49. The van der Waals surface area contributed by atoms with E-state index in [1.165, 1.54) is 5.56 Å². The van der Waals surface area contributed by atoms with Gasteiger partial charge in [-0.15, -0.1) is 24.4 Å². The maximum Gasteiger partial charge on any atom is 0.256 e. The number of benzene rings is 1. The van der Waals surface area contributed by atoms with Crippen LogP contribution in [0.3, 0.4) is 0 Å². The van der Waals surface area contributed by atoms with Gasteiger partial charge in [-0.25, -0.2) is 0 Å². The average Bonchev–Trinajstić information content (AvgIpc) is 2.44. The Hall–Kier alpha value is -1.27. The monoisotopic (exact) mass is 352 g/mol. The zero-order valence-corrected chi connectivity index (χ0v) is 15.6. The predicted octanol–water partition coefficient (Wildman–Crippen LogP) is 3.52. The summed E-state index contributed by atoms with van der Waals surface area (Å²) in [7, 11) is 0. The number of thioether (sulfide) groups is 1. The third kappa shape index (κ3) is 4.61. The molecule has 1 aliphatic rings. The molecular formula is C17H24N2O2S2. The molecule has 0 aromatic heterocycles. The molecule has 0 aliphatic carbocycles. The molecule has 1 aromatic carbocycles. The lowest BCUT2D eigenvalue weighted by molar-refractivity contribution is -0.118. The first-order valence-corrected chi connectivity index (χ1v) is 9.06. The molecule has 0 saturated carbocycles. The van der Waals surface area contributed by atoms with E-state index in [4.69, 9.17) is 0 Å². The number of amides is 1. The summed E-state index contributed by atoms with van der Waals surface area (Å²) in [6.07, 6.45) is 0.967. The van der Waals surface area contributed by atoms with Crippen LogP contribution in [0.4, 0.5) is 0 Å². The van der Waals surface area contributed by atoms with E-state index >= 15 is 0 Å². The normalized spacial score (nSPS) is 20.0. The highest BCUT2D eigenvalue weighted by atomic mass is 32.2. The van der Waals surface area contributed by atoms with Crippen LogP contribution in [0.5, 0.6) is 0 Å². The molecular weight excluding hydrogens is 328 g/mol. The second kappa shape index (κ2) is 7.09. The molecule has 0 fully saturated rings. The number of carbonyl (C=O) groups excluding carboxylic acids is 1. The first-order chi connectivity index (χ1) is 10.7. The van der Waals surface area contributed by atoms with Crippen molar-refractivity contribution < 1.29 is 9.90 Å². The summed E-state index contributed by atoms with van der Waals surface area (Å²) in [6.45, 7) is 8.39. The fraction of sp³-hybridized carbons (Fsp3) is 0.471. The van der Waals surface area contributed by atoms with Crippen LogP contribution in [-0.2, 0) is 11.2 Å². The number of rotatable bonds is 4. The van der Waals surface area contributed by atoms with E-state index in [1.54, 1.807) is 11.8 Å². The van der Waals surface area contributed by atoms with Crippen molar-refractivity contribution in [3.63, 3.8) is 0 Å². The summed E-state index contributed by atoms with van der Waals surface area (Å²) in [5, 5.41) is 15.5. The van der Waals surface area contributed by atoms with Crippen LogP contribution in [0.15, 0.2) is 35.7 Å². The second-order valence-corrected chi connectivity index (χ2v) is 8.94. The molecule has 1 aliphatic heterocycles. The molecule has 0 spiro atoms. The predicted molar refractivity (Wildman–Crippen MR) is 99.6 cm³/mol. The number of aliphatic hydroxyl groups is 1. The Bertz CT molecular complexity index is 606. The van der Waals surface area contributed by atoms with Crippen molar-refractivity contribution in [2.24, 2.45) is 0 Å². The zero-order valence-electron chi connectivity index (χ0n) is 13.9. The van der Waals surface area contributed by atoms with Crippen LogP contribution in [0.25, 0.3) is 0 Å². The molecule has 3 N–H and O–H groups in total. The Labute approximate surface area is 147 Å². The highest BCUT2D eigenvalue weighted by Gasteiger charge is 2.34. The number of aliphatic hydroxyl groups excluding tert-OH is 1. The standard InChI is InChI=1S/C17H24N2O2S2/c1-5-10-6-8-11(9-7-10)13(23-17(2,3)4)12-14(20)18-16(22)19-15(12)21/h6-9,13,16,18,20,22H,5H2,1-4H3,(H,19,21)/t13-,16-/m0/s1. The fourth-order valence-electron chi connectivity index (χ4n) is 2.37. The third-order valence-electron chi connectivity index (χ3n) is 3.47. The number of nitrogens with one attached hydrogen (secondary N) is 2. The first kappa shape index (κ1) is 18.1. The number of hydrogen-bond acceptors (Lipinski definition) is 5. The zero-order chi connectivity index (χ0) is 17.2. The summed E-state index contributed by atoms with van der Waals surface area (Å²) < 4.78 is -0.0700. The maximum absolute atomic E-state index is 12.4. The number of thiol groups is 1. The van der Waals surface area contributed by atoms with Gasteiger partial charge in [0, 0.05) is 4.75 Å². The Morgan fingerprint density at radius 1 is 1.26 bits per heavy atom. The van der Waals surface area contributed by atoms with Crippen molar-refractivity contribution in [1.82, 2.24) is 10.6 Å². The van der Waals surface area contributed by atoms with E-state index in [1.807, 2.05) is 12.1 Å². The van der Waals surface area contributed by atoms with Crippen LogP contribution in [0.2, 0.25) is 0 Å². The Kier molecular flexibility index (Phi) is 5.57. The summed E-state index contributed by atoms with van der Waals surface area (Å²) in [5.41, 5.74) is 2.01. The minimum Gasteiger partial charge on any atom is -0.494 e. The van der Waals surface area contributed by atoms with E-state index in [-0.39, 0.29) is 21.8 Å². The average molecular weight is 353 g/mol. The highest BCUT2D eigenvalue weighted by Crippen LogP contribution is 2.44. The van der Waals surface area contributed by atoms with Gasteiger partial charge in [0.1, 0.15) is 5.50 Å². The van der Waals surface area contributed by atoms with Gasteiger partial charge in [0.25, 0.3) is 5.91 Å². The molecule has 1 aromatic rings. The maximum atomic E-state index is 12.4. The van der Waals surface area contributed by atoms with Gasteiger partial charge in [0.2, 0.25) is 0 Å². The summed E-state index contributed by atoms with van der Waals surface area (Å²) >= 11 is 5.78.